The second kappa shape index (κ2) is 8.56. The van der Waals surface area contributed by atoms with Crippen LogP contribution in [0, 0.1) is 23.2 Å². The van der Waals surface area contributed by atoms with Crippen LogP contribution < -0.4 is 10.6 Å². The van der Waals surface area contributed by atoms with E-state index in [-0.39, 0.29) is 36.9 Å². The van der Waals surface area contributed by atoms with Gasteiger partial charge in [-0.05, 0) is 67.3 Å². The second-order valence-corrected chi connectivity index (χ2v) is 9.29. The standard InChI is InChI=1S/C23H30N2O4/c26-20(12-23-9-17-6-18(10-23)8-19(7-17)11-23)24-13-21(27)25-14-22(28)29-15-16-4-2-1-3-5-16/h1-5,17-19H,6-15H2,(H,24,26)(H,25,27). The van der Waals surface area contributed by atoms with Crippen LogP contribution in [0.3, 0.4) is 0 Å². The zero-order chi connectivity index (χ0) is 20.3. The zero-order valence-electron chi connectivity index (χ0n) is 16.8. The van der Waals surface area contributed by atoms with Crippen LogP contribution >= 0.6 is 0 Å². The number of carbonyl (C=O) groups is 3. The molecule has 0 heterocycles. The first-order valence-electron chi connectivity index (χ1n) is 10.7. The third kappa shape index (κ3) is 5.17. The van der Waals surface area contributed by atoms with Gasteiger partial charge in [-0.3, -0.25) is 14.4 Å². The number of nitrogens with one attached hydrogen (secondary N) is 2. The van der Waals surface area contributed by atoms with Crippen molar-refractivity contribution in [1.82, 2.24) is 10.6 Å². The Balaban J connectivity index is 1.13. The fraction of sp³-hybridized carbons (Fsp3) is 0.609. The minimum Gasteiger partial charge on any atom is -0.460 e. The Morgan fingerprint density at radius 2 is 1.45 bits per heavy atom. The molecule has 29 heavy (non-hydrogen) atoms. The Morgan fingerprint density at radius 3 is 2.07 bits per heavy atom. The van der Waals surface area contributed by atoms with Gasteiger partial charge < -0.3 is 15.4 Å². The molecule has 6 nitrogen and oxygen atoms in total. The average Bonchev–Trinajstić information content (AvgIpc) is 2.68. The molecule has 1 aromatic rings. The average molecular weight is 399 g/mol. The summed E-state index contributed by atoms with van der Waals surface area (Å²) in [6.07, 6.45) is 8.10. The molecular weight excluding hydrogens is 368 g/mol. The van der Waals surface area contributed by atoms with Crippen molar-refractivity contribution in [3.05, 3.63) is 35.9 Å². The summed E-state index contributed by atoms with van der Waals surface area (Å²) in [4.78, 5) is 36.2. The van der Waals surface area contributed by atoms with E-state index in [0.29, 0.717) is 6.42 Å². The van der Waals surface area contributed by atoms with Gasteiger partial charge in [0.2, 0.25) is 11.8 Å². The molecule has 0 atom stereocenters. The van der Waals surface area contributed by atoms with E-state index >= 15 is 0 Å². The highest BCUT2D eigenvalue weighted by Crippen LogP contribution is 2.61. The topological polar surface area (TPSA) is 84.5 Å². The first kappa shape index (κ1) is 19.9. The van der Waals surface area contributed by atoms with Crippen molar-refractivity contribution in [1.29, 1.82) is 0 Å². The Morgan fingerprint density at radius 1 is 0.862 bits per heavy atom. The molecule has 4 saturated carbocycles. The predicted octanol–water partition coefficient (Wildman–Crippen LogP) is 2.57. The van der Waals surface area contributed by atoms with Crippen molar-refractivity contribution >= 4 is 17.8 Å². The van der Waals surface area contributed by atoms with Crippen LogP contribution in [0.1, 0.15) is 50.5 Å². The molecule has 0 unspecified atom stereocenters. The summed E-state index contributed by atoms with van der Waals surface area (Å²) < 4.78 is 5.12. The number of hydrogen-bond acceptors (Lipinski definition) is 4. The van der Waals surface area contributed by atoms with Gasteiger partial charge in [0.1, 0.15) is 13.2 Å². The first-order valence-corrected chi connectivity index (χ1v) is 10.7. The lowest BCUT2D eigenvalue weighted by atomic mass is 9.49. The summed E-state index contributed by atoms with van der Waals surface area (Å²) in [5.41, 5.74) is 1.06. The van der Waals surface area contributed by atoms with E-state index in [0.717, 1.165) is 23.3 Å². The Kier molecular flexibility index (Phi) is 5.88. The molecule has 2 N–H and O–H groups in total. The molecule has 0 aliphatic heterocycles. The summed E-state index contributed by atoms with van der Waals surface area (Å²) in [6, 6.07) is 9.37. The molecule has 4 fully saturated rings. The SMILES string of the molecule is O=C(CNC(=O)CC12CC3CC(CC(C3)C1)C2)NCC(=O)OCc1ccccc1. The molecule has 156 valence electrons. The molecule has 1 aromatic carbocycles. The van der Waals surface area contributed by atoms with E-state index in [2.05, 4.69) is 10.6 Å². The Labute approximate surface area is 171 Å². The van der Waals surface area contributed by atoms with Gasteiger partial charge in [-0.25, -0.2) is 0 Å². The quantitative estimate of drug-likeness (QED) is 0.659. The zero-order valence-corrected chi connectivity index (χ0v) is 16.8. The maximum atomic E-state index is 12.4. The number of amides is 2. The number of esters is 1. The summed E-state index contributed by atoms with van der Waals surface area (Å²) in [5.74, 6) is 1.49. The van der Waals surface area contributed by atoms with Crippen LogP contribution in [0.5, 0.6) is 0 Å². The van der Waals surface area contributed by atoms with Crippen LogP contribution in [0.2, 0.25) is 0 Å². The van der Waals surface area contributed by atoms with Crippen LogP contribution in [0.25, 0.3) is 0 Å². The molecule has 0 spiro atoms. The van der Waals surface area contributed by atoms with Gasteiger partial charge in [0, 0.05) is 6.42 Å². The van der Waals surface area contributed by atoms with Crippen molar-refractivity contribution in [2.24, 2.45) is 23.2 Å². The molecular formula is C23H30N2O4. The van der Waals surface area contributed by atoms with E-state index in [4.69, 9.17) is 4.74 Å². The smallest absolute Gasteiger partial charge is 0.325 e. The first-order chi connectivity index (χ1) is 14.0. The van der Waals surface area contributed by atoms with Crippen LogP contribution in [0.15, 0.2) is 30.3 Å². The highest BCUT2D eigenvalue weighted by atomic mass is 16.5. The van der Waals surface area contributed by atoms with Crippen molar-refractivity contribution in [2.45, 2.75) is 51.6 Å². The van der Waals surface area contributed by atoms with Crippen molar-refractivity contribution in [3.8, 4) is 0 Å². The van der Waals surface area contributed by atoms with E-state index in [1.54, 1.807) is 0 Å². The van der Waals surface area contributed by atoms with Crippen LogP contribution in [0.4, 0.5) is 0 Å². The fourth-order valence-corrected chi connectivity index (χ4v) is 6.11. The molecule has 0 saturated heterocycles. The number of carbonyl (C=O) groups excluding carboxylic acids is 3. The molecule has 4 aliphatic rings. The van der Waals surface area contributed by atoms with Crippen molar-refractivity contribution in [3.63, 3.8) is 0 Å². The van der Waals surface area contributed by atoms with Gasteiger partial charge in [-0.15, -0.1) is 0 Å². The molecule has 4 aliphatic carbocycles. The molecule has 2 amide bonds. The lowest BCUT2D eigenvalue weighted by Crippen LogP contribution is -2.48. The predicted molar refractivity (Wildman–Crippen MR) is 107 cm³/mol. The van der Waals surface area contributed by atoms with Gasteiger partial charge in [0.05, 0.1) is 6.54 Å². The fourth-order valence-electron chi connectivity index (χ4n) is 6.11. The maximum Gasteiger partial charge on any atom is 0.325 e. The molecule has 0 radical (unpaired) electrons. The van der Waals surface area contributed by atoms with Gasteiger partial charge in [0.15, 0.2) is 0 Å². The van der Waals surface area contributed by atoms with Crippen molar-refractivity contribution in [2.75, 3.05) is 13.1 Å². The highest BCUT2D eigenvalue weighted by molar-refractivity contribution is 5.87. The highest BCUT2D eigenvalue weighted by Gasteiger charge is 2.51. The Bertz CT molecular complexity index is 726. The van der Waals surface area contributed by atoms with Crippen molar-refractivity contribution < 1.29 is 19.1 Å². The van der Waals surface area contributed by atoms with Crippen LogP contribution in [-0.2, 0) is 25.7 Å². The summed E-state index contributed by atoms with van der Waals surface area (Å²) in [5, 5.41) is 5.24. The summed E-state index contributed by atoms with van der Waals surface area (Å²) >= 11 is 0. The van der Waals surface area contributed by atoms with E-state index in [1.807, 2.05) is 30.3 Å². The lowest BCUT2D eigenvalue weighted by molar-refractivity contribution is -0.145. The van der Waals surface area contributed by atoms with E-state index in [9.17, 15) is 14.4 Å². The summed E-state index contributed by atoms with van der Waals surface area (Å²) in [6.45, 7) is -0.120. The second-order valence-electron chi connectivity index (χ2n) is 9.29. The van der Waals surface area contributed by atoms with E-state index in [1.165, 1.54) is 38.5 Å². The monoisotopic (exact) mass is 398 g/mol. The minimum absolute atomic E-state index is 0.0474. The Hall–Kier alpha value is -2.37. The number of ether oxygens (including phenoxy) is 1. The van der Waals surface area contributed by atoms with Gasteiger partial charge in [-0.1, -0.05) is 30.3 Å². The molecule has 5 rings (SSSR count). The van der Waals surface area contributed by atoms with Gasteiger partial charge in [-0.2, -0.15) is 0 Å². The maximum absolute atomic E-state index is 12.4. The number of hydrogen-bond donors (Lipinski definition) is 2. The minimum atomic E-state index is -0.498. The number of benzene rings is 1. The normalized spacial score (nSPS) is 29.3. The third-order valence-corrected chi connectivity index (χ3v) is 6.82. The lowest BCUT2D eigenvalue weighted by Gasteiger charge is -2.56. The van der Waals surface area contributed by atoms with Gasteiger partial charge >= 0.3 is 5.97 Å². The molecule has 6 heteroatoms. The molecule has 0 aromatic heterocycles. The van der Waals surface area contributed by atoms with E-state index < -0.39 is 5.97 Å². The summed E-state index contributed by atoms with van der Waals surface area (Å²) in [7, 11) is 0. The number of rotatable bonds is 8. The largest absolute Gasteiger partial charge is 0.460 e. The third-order valence-electron chi connectivity index (χ3n) is 6.82. The van der Waals surface area contributed by atoms with Crippen LogP contribution in [-0.4, -0.2) is 30.9 Å². The van der Waals surface area contributed by atoms with Gasteiger partial charge in [0.25, 0.3) is 0 Å². The molecule has 4 bridgehead atoms.